The van der Waals surface area contributed by atoms with E-state index in [2.05, 4.69) is 17.4 Å². The Balaban J connectivity index is 1.36. The Hall–Kier alpha value is -2.69. The van der Waals surface area contributed by atoms with Crippen molar-refractivity contribution in [2.75, 3.05) is 11.9 Å². The van der Waals surface area contributed by atoms with Gasteiger partial charge in [-0.3, -0.25) is 9.59 Å². The van der Waals surface area contributed by atoms with E-state index in [-0.39, 0.29) is 23.7 Å². The van der Waals surface area contributed by atoms with Crippen molar-refractivity contribution in [1.29, 1.82) is 0 Å². The Morgan fingerprint density at radius 2 is 1.84 bits per heavy atom. The molecule has 1 N–H and O–H groups in total. The first-order chi connectivity index (χ1) is 12.1. The van der Waals surface area contributed by atoms with Crippen LogP contribution < -0.4 is 5.32 Å². The summed E-state index contributed by atoms with van der Waals surface area (Å²) in [6.07, 6.45) is 1.42. The van der Waals surface area contributed by atoms with Crippen LogP contribution in [0.25, 0.3) is 0 Å². The summed E-state index contributed by atoms with van der Waals surface area (Å²) in [5, 5.41) is 2.70. The Bertz CT molecular complexity index is 836. The zero-order valence-electron chi connectivity index (χ0n) is 13.7. The van der Waals surface area contributed by atoms with Gasteiger partial charge >= 0.3 is 0 Å². The predicted octanol–water partition coefficient (Wildman–Crippen LogP) is 2.99. The Morgan fingerprint density at radius 1 is 1.04 bits per heavy atom. The lowest BCUT2D eigenvalue weighted by molar-refractivity contribution is -0.135. The minimum Gasteiger partial charge on any atom is -0.338 e. The van der Waals surface area contributed by atoms with Gasteiger partial charge in [0, 0.05) is 18.8 Å². The van der Waals surface area contributed by atoms with Gasteiger partial charge in [0.05, 0.1) is 11.8 Å². The summed E-state index contributed by atoms with van der Waals surface area (Å²) < 4.78 is 13.2. The quantitative estimate of drug-likeness (QED) is 0.935. The molecule has 1 heterocycles. The van der Waals surface area contributed by atoms with E-state index in [9.17, 15) is 14.0 Å². The molecule has 4 rings (SSSR count). The van der Waals surface area contributed by atoms with Crippen molar-refractivity contribution in [3.05, 3.63) is 65.5 Å². The molecule has 2 unspecified atom stereocenters. The van der Waals surface area contributed by atoms with E-state index < -0.39 is 5.82 Å². The fourth-order valence-electron chi connectivity index (χ4n) is 3.48. The molecule has 1 saturated carbocycles. The molecule has 0 spiro atoms. The molecule has 2 aliphatic rings. The summed E-state index contributed by atoms with van der Waals surface area (Å²) in [7, 11) is 0. The monoisotopic (exact) mass is 338 g/mol. The zero-order valence-corrected chi connectivity index (χ0v) is 13.7. The molecule has 2 aromatic rings. The van der Waals surface area contributed by atoms with E-state index in [0.717, 1.165) is 6.42 Å². The number of hydrogen-bond acceptors (Lipinski definition) is 2. The lowest BCUT2D eigenvalue weighted by Crippen LogP contribution is -2.37. The first-order valence-electron chi connectivity index (χ1n) is 8.54. The minimum atomic E-state index is -0.395. The number of carbonyl (C=O) groups is 2. The van der Waals surface area contributed by atoms with E-state index in [1.807, 2.05) is 17.0 Å². The summed E-state index contributed by atoms with van der Waals surface area (Å²) in [6.45, 7) is 1.31. The van der Waals surface area contributed by atoms with Crippen molar-refractivity contribution in [3.8, 4) is 0 Å². The van der Waals surface area contributed by atoms with Crippen molar-refractivity contribution in [1.82, 2.24) is 4.90 Å². The Labute approximate surface area is 145 Å². The van der Waals surface area contributed by atoms with Crippen LogP contribution in [-0.4, -0.2) is 23.3 Å². The highest BCUT2D eigenvalue weighted by molar-refractivity contribution is 5.99. The summed E-state index contributed by atoms with van der Waals surface area (Å²) in [5.74, 6) is -1.12. The zero-order chi connectivity index (χ0) is 17.4. The molecule has 0 saturated heterocycles. The average Bonchev–Trinajstić information content (AvgIpc) is 3.41. The summed E-state index contributed by atoms with van der Waals surface area (Å²) >= 11 is 0. The maximum atomic E-state index is 13.2. The summed E-state index contributed by atoms with van der Waals surface area (Å²) in [6, 6.07) is 13.9. The molecule has 128 valence electrons. The highest BCUT2D eigenvalue weighted by Gasteiger charge is 2.49. The first kappa shape index (κ1) is 15.8. The van der Waals surface area contributed by atoms with E-state index >= 15 is 0 Å². The van der Waals surface area contributed by atoms with Crippen molar-refractivity contribution < 1.29 is 14.0 Å². The first-order valence-corrected chi connectivity index (χ1v) is 8.54. The van der Waals surface area contributed by atoms with Gasteiger partial charge in [0.25, 0.3) is 0 Å². The molecule has 2 atom stereocenters. The number of benzene rings is 2. The number of rotatable bonds is 3. The Kier molecular flexibility index (Phi) is 3.99. The van der Waals surface area contributed by atoms with E-state index in [0.29, 0.717) is 25.2 Å². The normalized spacial score (nSPS) is 21.4. The molecule has 4 nitrogen and oxygen atoms in total. The number of carbonyl (C=O) groups excluding carboxylic acids is 2. The van der Waals surface area contributed by atoms with Gasteiger partial charge in [-0.2, -0.15) is 0 Å². The second kappa shape index (κ2) is 6.31. The second-order valence-corrected chi connectivity index (χ2v) is 6.73. The molecule has 2 amide bonds. The van der Waals surface area contributed by atoms with Crippen LogP contribution in [-0.2, 0) is 22.6 Å². The van der Waals surface area contributed by atoms with Crippen LogP contribution in [0, 0.1) is 17.7 Å². The second-order valence-electron chi connectivity index (χ2n) is 6.73. The highest BCUT2D eigenvalue weighted by atomic mass is 19.1. The summed E-state index contributed by atoms with van der Waals surface area (Å²) in [5.41, 5.74) is 2.90. The highest BCUT2D eigenvalue weighted by Crippen LogP contribution is 2.41. The molecule has 0 radical (unpaired) electrons. The van der Waals surface area contributed by atoms with Gasteiger partial charge in [-0.1, -0.05) is 30.3 Å². The number of anilines is 1. The summed E-state index contributed by atoms with van der Waals surface area (Å²) in [4.78, 5) is 26.8. The average molecular weight is 338 g/mol. The molecule has 1 aliphatic heterocycles. The molecule has 25 heavy (non-hydrogen) atoms. The van der Waals surface area contributed by atoms with Crippen LogP contribution in [0.1, 0.15) is 17.5 Å². The predicted molar refractivity (Wildman–Crippen MR) is 92.2 cm³/mol. The third kappa shape index (κ3) is 3.27. The van der Waals surface area contributed by atoms with E-state index in [4.69, 9.17) is 0 Å². The lowest BCUT2D eigenvalue weighted by Gasteiger charge is -2.29. The van der Waals surface area contributed by atoms with Crippen molar-refractivity contribution in [2.45, 2.75) is 19.4 Å². The number of nitrogens with one attached hydrogen (secondary N) is 1. The van der Waals surface area contributed by atoms with Crippen molar-refractivity contribution >= 4 is 17.5 Å². The minimum absolute atomic E-state index is 0.0499. The maximum Gasteiger partial charge on any atom is 0.228 e. The molecular weight excluding hydrogens is 319 g/mol. The van der Waals surface area contributed by atoms with Crippen LogP contribution >= 0.6 is 0 Å². The van der Waals surface area contributed by atoms with Gasteiger partial charge in [0.1, 0.15) is 5.82 Å². The third-order valence-corrected chi connectivity index (χ3v) is 4.98. The SMILES string of the molecule is O=C(Nc1cccc(F)c1)C1CC1C(=O)N1CCc2ccccc2C1. The fraction of sp³-hybridized carbons (Fsp3) is 0.300. The van der Waals surface area contributed by atoms with Crippen molar-refractivity contribution in [3.63, 3.8) is 0 Å². The standard InChI is InChI=1S/C20H19FN2O2/c21-15-6-3-7-16(10-15)22-19(24)17-11-18(17)20(25)23-9-8-13-4-1-2-5-14(13)12-23/h1-7,10,17-18H,8-9,11-12H2,(H,22,24). The van der Waals surface area contributed by atoms with Gasteiger partial charge in [0.15, 0.2) is 0 Å². The molecular formula is C20H19FN2O2. The van der Waals surface area contributed by atoms with Crippen molar-refractivity contribution in [2.24, 2.45) is 11.8 Å². The molecule has 0 aromatic heterocycles. The van der Waals surface area contributed by atoms with Gasteiger partial charge in [-0.05, 0) is 42.2 Å². The molecule has 0 bridgehead atoms. The number of hydrogen-bond donors (Lipinski definition) is 1. The maximum absolute atomic E-state index is 13.2. The molecule has 1 fully saturated rings. The largest absolute Gasteiger partial charge is 0.338 e. The van der Waals surface area contributed by atoms with E-state index in [1.54, 1.807) is 12.1 Å². The van der Waals surface area contributed by atoms with Crippen LogP contribution in [0.5, 0.6) is 0 Å². The topological polar surface area (TPSA) is 49.4 Å². The number of nitrogens with zero attached hydrogens (tertiary/aromatic N) is 1. The van der Waals surface area contributed by atoms with E-state index in [1.165, 1.54) is 23.3 Å². The molecule has 5 heteroatoms. The van der Waals surface area contributed by atoms with Crippen LogP contribution in [0.2, 0.25) is 0 Å². The van der Waals surface area contributed by atoms with Crippen LogP contribution in [0.15, 0.2) is 48.5 Å². The van der Waals surface area contributed by atoms with Gasteiger partial charge < -0.3 is 10.2 Å². The van der Waals surface area contributed by atoms with Crippen LogP contribution in [0.4, 0.5) is 10.1 Å². The fourth-order valence-corrected chi connectivity index (χ4v) is 3.48. The number of amides is 2. The lowest BCUT2D eigenvalue weighted by atomic mass is 9.99. The van der Waals surface area contributed by atoms with Gasteiger partial charge in [0.2, 0.25) is 11.8 Å². The van der Waals surface area contributed by atoms with Gasteiger partial charge in [-0.25, -0.2) is 4.39 Å². The Morgan fingerprint density at radius 3 is 2.64 bits per heavy atom. The van der Waals surface area contributed by atoms with Crippen LogP contribution in [0.3, 0.4) is 0 Å². The van der Waals surface area contributed by atoms with Gasteiger partial charge in [-0.15, -0.1) is 0 Å². The smallest absolute Gasteiger partial charge is 0.228 e. The molecule has 1 aliphatic carbocycles. The molecule has 2 aromatic carbocycles. The number of halogens is 1. The third-order valence-electron chi connectivity index (χ3n) is 4.98. The number of fused-ring (bicyclic) bond motifs is 1.